The second kappa shape index (κ2) is 6.89. The number of hydrogen-bond acceptors (Lipinski definition) is 3. The molecule has 2 aliphatic rings. The predicted molar refractivity (Wildman–Crippen MR) is 73.4 cm³/mol. The molecule has 2 unspecified atom stereocenters. The Labute approximate surface area is 114 Å². The van der Waals surface area contributed by atoms with Crippen LogP contribution in [-0.2, 0) is 9.59 Å². The van der Waals surface area contributed by atoms with Gasteiger partial charge in [0.15, 0.2) is 0 Å². The van der Waals surface area contributed by atoms with Crippen molar-refractivity contribution in [2.75, 3.05) is 19.6 Å². The van der Waals surface area contributed by atoms with Crippen molar-refractivity contribution in [1.82, 2.24) is 10.2 Å². The second-order valence-corrected chi connectivity index (χ2v) is 5.86. The molecule has 0 aromatic carbocycles. The molecular formula is C14H25N3O2. The summed E-state index contributed by atoms with van der Waals surface area (Å²) in [6, 6.07) is 0.248. The fourth-order valence-corrected chi connectivity index (χ4v) is 3.10. The molecule has 3 N–H and O–H groups in total. The van der Waals surface area contributed by atoms with Crippen LogP contribution in [0.1, 0.15) is 44.9 Å². The van der Waals surface area contributed by atoms with E-state index in [1.807, 2.05) is 4.90 Å². The van der Waals surface area contributed by atoms with E-state index in [0.29, 0.717) is 12.3 Å². The summed E-state index contributed by atoms with van der Waals surface area (Å²) < 4.78 is 0. The fourth-order valence-electron chi connectivity index (χ4n) is 3.10. The molecule has 1 saturated carbocycles. The minimum atomic E-state index is -0.00773. The average Bonchev–Trinajstić information content (AvgIpc) is 2.90. The van der Waals surface area contributed by atoms with E-state index in [2.05, 4.69) is 5.32 Å². The van der Waals surface area contributed by atoms with E-state index >= 15 is 0 Å². The minimum absolute atomic E-state index is 0.00773. The quantitative estimate of drug-likeness (QED) is 0.784. The Morgan fingerprint density at radius 2 is 1.89 bits per heavy atom. The van der Waals surface area contributed by atoms with Gasteiger partial charge < -0.3 is 16.0 Å². The molecule has 19 heavy (non-hydrogen) atoms. The van der Waals surface area contributed by atoms with Crippen LogP contribution in [0.15, 0.2) is 0 Å². The van der Waals surface area contributed by atoms with Crippen LogP contribution in [0, 0.1) is 5.92 Å². The van der Waals surface area contributed by atoms with Crippen LogP contribution >= 0.6 is 0 Å². The lowest BCUT2D eigenvalue weighted by Gasteiger charge is -2.26. The van der Waals surface area contributed by atoms with Gasteiger partial charge in [0.2, 0.25) is 11.8 Å². The van der Waals surface area contributed by atoms with Gasteiger partial charge in [0.05, 0.1) is 6.54 Å². The number of hydrogen-bond donors (Lipinski definition) is 2. The molecule has 2 amide bonds. The number of amides is 2. The zero-order valence-electron chi connectivity index (χ0n) is 11.6. The van der Waals surface area contributed by atoms with E-state index in [1.54, 1.807) is 0 Å². The zero-order valence-corrected chi connectivity index (χ0v) is 11.6. The van der Waals surface area contributed by atoms with Crippen molar-refractivity contribution in [3.63, 3.8) is 0 Å². The summed E-state index contributed by atoms with van der Waals surface area (Å²) in [6.45, 7) is 1.83. The lowest BCUT2D eigenvalue weighted by Crippen LogP contribution is -2.39. The monoisotopic (exact) mass is 267 g/mol. The maximum atomic E-state index is 11.8. The summed E-state index contributed by atoms with van der Waals surface area (Å²) >= 11 is 0. The maximum absolute atomic E-state index is 11.8. The molecule has 2 fully saturated rings. The van der Waals surface area contributed by atoms with Crippen LogP contribution in [0.5, 0.6) is 0 Å². The third-order valence-corrected chi connectivity index (χ3v) is 4.19. The van der Waals surface area contributed by atoms with E-state index in [9.17, 15) is 9.59 Å². The summed E-state index contributed by atoms with van der Waals surface area (Å²) in [7, 11) is 0. The van der Waals surface area contributed by atoms with Gasteiger partial charge in [0.25, 0.3) is 0 Å². The minimum Gasteiger partial charge on any atom is -0.347 e. The number of nitrogens with zero attached hydrogens (tertiary/aromatic N) is 1. The number of nitrogens with one attached hydrogen (secondary N) is 1. The molecule has 1 aliphatic carbocycles. The number of likely N-dealkylation sites (tertiary alicyclic amines) is 1. The van der Waals surface area contributed by atoms with Crippen molar-refractivity contribution >= 4 is 11.8 Å². The molecule has 5 heteroatoms. The van der Waals surface area contributed by atoms with Crippen LogP contribution in [0.2, 0.25) is 0 Å². The standard InChI is InChI=1S/C14H25N3O2/c15-12-5-3-4-11(8-12)9-13(18)16-10-14(19)17-6-1-2-7-17/h11-12H,1-10,15H2,(H,16,18). The number of carbonyl (C=O) groups is 2. The lowest BCUT2D eigenvalue weighted by molar-refractivity contribution is -0.132. The van der Waals surface area contributed by atoms with Gasteiger partial charge in [-0.1, -0.05) is 6.42 Å². The average molecular weight is 267 g/mol. The molecule has 5 nitrogen and oxygen atoms in total. The summed E-state index contributed by atoms with van der Waals surface area (Å²) in [5, 5.41) is 2.75. The topological polar surface area (TPSA) is 75.4 Å². The van der Waals surface area contributed by atoms with Gasteiger partial charge in [-0.15, -0.1) is 0 Å². The summed E-state index contributed by atoms with van der Waals surface area (Å²) in [5.41, 5.74) is 5.91. The highest BCUT2D eigenvalue weighted by Gasteiger charge is 2.22. The van der Waals surface area contributed by atoms with E-state index in [1.165, 1.54) is 0 Å². The Morgan fingerprint density at radius 1 is 1.16 bits per heavy atom. The van der Waals surface area contributed by atoms with Crippen molar-refractivity contribution in [1.29, 1.82) is 0 Å². The predicted octanol–water partition coefficient (Wildman–Crippen LogP) is 0.633. The van der Waals surface area contributed by atoms with Crippen LogP contribution < -0.4 is 11.1 Å². The highest BCUT2D eigenvalue weighted by atomic mass is 16.2. The molecular weight excluding hydrogens is 242 g/mol. The molecule has 0 radical (unpaired) electrons. The lowest BCUT2D eigenvalue weighted by atomic mass is 9.84. The zero-order chi connectivity index (χ0) is 13.7. The van der Waals surface area contributed by atoms with Gasteiger partial charge in [-0.25, -0.2) is 0 Å². The fraction of sp³-hybridized carbons (Fsp3) is 0.857. The van der Waals surface area contributed by atoms with Crippen LogP contribution in [0.25, 0.3) is 0 Å². The van der Waals surface area contributed by atoms with E-state index in [-0.39, 0.29) is 24.4 Å². The second-order valence-electron chi connectivity index (χ2n) is 5.86. The number of rotatable bonds is 4. The molecule has 2 atom stereocenters. The molecule has 1 aliphatic heterocycles. The van der Waals surface area contributed by atoms with Gasteiger partial charge in [0.1, 0.15) is 0 Å². The first-order valence-corrected chi connectivity index (χ1v) is 7.45. The van der Waals surface area contributed by atoms with Crippen LogP contribution in [0.3, 0.4) is 0 Å². The number of carbonyl (C=O) groups excluding carboxylic acids is 2. The van der Waals surface area contributed by atoms with Crippen LogP contribution in [0.4, 0.5) is 0 Å². The molecule has 2 rings (SSSR count). The first-order chi connectivity index (χ1) is 9.15. The van der Waals surface area contributed by atoms with Crippen LogP contribution in [-0.4, -0.2) is 42.4 Å². The molecule has 1 saturated heterocycles. The normalized spacial score (nSPS) is 27.3. The molecule has 1 heterocycles. The Morgan fingerprint density at radius 3 is 2.58 bits per heavy atom. The Balaban J connectivity index is 1.65. The first kappa shape index (κ1) is 14.3. The SMILES string of the molecule is NC1CCCC(CC(=O)NCC(=O)N2CCCC2)C1. The maximum Gasteiger partial charge on any atom is 0.241 e. The van der Waals surface area contributed by atoms with Gasteiger partial charge >= 0.3 is 0 Å². The summed E-state index contributed by atoms with van der Waals surface area (Å²) in [6.07, 6.45) is 6.90. The molecule has 0 aromatic rings. The Hall–Kier alpha value is -1.10. The third kappa shape index (κ3) is 4.49. The number of nitrogens with two attached hydrogens (primary N) is 1. The van der Waals surface area contributed by atoms with E-state index < -0.39 is 0 Å². The highest BCUT2D eigenvalue weighted by Crippen LogP contribution is 2.25. The smallest absolute Gasteiger partial charge is 0.241 e. The van der Waals surface area contributed by atoms with Crippen molar-refractivity contribution in [3.8, 4) is 0 Å². The van der Waals surface area contributed by atoms with Crippen molar-refractivity contribution < 1.29 is 9.59 Å². The van der Waals surface area contributed by atoms with E-state index in [4.69, 9.17) is 5.73 Å². The van der Waals surface area contributed by atoms with Crippen molar-refractivity contribution in [2.24, 2.45) is 11.7 Å². The van der Waals surface area contributed by atoms with Crippen molar-refractivity contribution in [2.45, 2.75) is 51.0 Å². The van der Waals surface area contributed by atoms with Gasteiger partial charge in [0, 0.05) is 25.6 Å². The largest absolute Gasteiger partial charge is 0.347 e. The van der Waals surface area contributed by atoms with E-state index in [0.717, 1.165) is 51.6 Å². The molecule has 0 bridgehead atoms. The first-order valence-electron chi connectivity index (χ1n) is 7.45. The highest BCUT2D eigenvalue weighted by molar-refractivity contribution is 5.84. The summed E-state index contributed by atoms with van der Waals surface area (Å²) in [5.74, 6) is 0.434. The Kier molecular flexibility index (Phi) is 5.19. The third-order valence-electron chi connectivity index (χ3n) is 4.19. The van der Waals surface area contributed by atoms with Gasteiger partial charge in [-0.2, -0.15) is 0 Å². The van der Waals surface area contributed by atoms with Crippen molar-refractivity contribution in [3.05, 3.63) is 0 Å². The Bertz CT molecular complexity index is 327. The molecule has 0 aromatic heterocycles. The molecule has 0 spiro atoms. The summed E-state index contributed by atoms with van der Waals surface area (Å²) in [4.78, 5) is 25.4. The molecule has 108 valence electrons. The van der Waals surface area contributed by atoms with Gasteiger partial charge in [-0.3, -0.25) is 9.59 Å². The van der Waals surface area contributed by atoms with Gasteiger partial charge in [-0.05, 0) is 38.0 Å².